The van der Waals surface area contributed by atoms with Gasteiger partial charge >= 0.3 is 0 Å². The van der Waals surface area contributed by atoms with Gasteiger partial charge < -0.3 is 9.55 Å². The Balaban J connectivity index is 2.16. The van der Waals surface area contributed by atoms with Gasteiger partial charge in [-0.1, -0.05) is 34.1 Å². The summed E-state index contributed by atoms with van der Waals surface area (Å²) in [6, 6.07) is 15.7. The minimum absolute atomic E-state index is 0.632. The molecule has 3 rings (SSSR count). The van der Waals surface area contributed by atoms with Crippen molar-refractivity contribution in [3.8, 4) is 6.07 Å². The van der Waals surface area contributed by atoms with Gasteiger partial charge in [0.2, 0.25) is 0 Å². The number of rotatable bonds is 2. The number of halogens is 1. The van der Waals surface area contributed by atoms with E-state index in [4.69, 9.17) is 17.5 Å². The van der Waals surface area contributed by atoms with E-state index in [1.54, 1.807) is 6.07 Å². The molecule has 0 saturated carbocycles. The largest absolute Gasteiger partial charge is 0.331 e. The lowest BCUT2D eigenvalue weighted by Gasteiger charge is -2.07. The van der Waals surface area contributed by atoms with Crippen molar-refractivity contribution in [3.05, 3.63) is 62.8 Å². The van der Waals surface area contributed by atoms with Gasteiger partial charge in [0.25, 0.3) is 0 Å². The Labute approximate surface area is 129 Å². The molecule has 98 valence electrons. The number of imidazole rings is 1. The third-order valence-electron chi connectivity index (χ3n) is 3.19. The summed E-state index contributed by atoms with van der Waals surface area (Å²) in [5.41, 5.74) is 3.67. The average molecular weight is 344 g/mol. The van der Waals surface area contributed by atoms with Gasteiger partial charge in [0, 0.05) is 4.47 Å². The molecule has 0 atom stereocenters. The zero-order valence-corrected chi connectivity index (χ0v) is 12.8. The fourth-order valence-corrected chi connectivity index (χ4v) is 2.86. The quantitative estimate of drug-likeness (QED) is 0.701. The van der Waals surface area contributed by atoms with Gasteiger partial charge in [0.1, 0.15) is 0 Å². The van der Waals surface area contributed by atoms with Crippen molar-refractivity contribution in [2.45, 2.75) is 6.54 Å². The lowest BCUT2D eigenvalue weighted by atomic mass is 10.2. The Morgan fingerprint density at radius 3 is 2.80 bits per heavy atom. The van der Waals surface area contributed by atoms with Crippen LogP contribution in [-0.4, -0.2) is 9.55 Å². The molecule has 0 aliphatic carbocycles. The maximum absolute atomic E-state index is 9.03. The molecule has 0 unspecified atom stereocenters. The van der Waals surface area contributed by atoms with Gasteiger partial charge in [-0.2, -0.15) is 5.26 Å². The summed E-state index contributed by atoms with van der Waals surface area (Å²) < 4.78 is 3.71. The smallest absolute Gasteiger partial charge is 0.178 e. The summed E-state index contributed by atoms with van der Waals surface area (Å²) in [5.74, 6) is 0. The average Bonchev–Trinajstić information content (AvgIpc) is 2.77. The molecule has 1 aromatic heterocycles. The van der Waals surface area contributed by atoms with Crippen molar-refractivity contribution in [2.75, 3.05) is 0 Å². The van der Waals surface area contributed by atoms with Gasteiger partial charge in [0.05, 0.1) is 29.2 Å². The Morgan fingerprint density at radius 2 is 2.05 bits per heavy atom. The number of hydrogen-bond donors (Lipinski definition) is 1. The highest BCUT2D eigenvalue weighted by Crippen LogP contribution is 2.21. The highest BCUT2D eigenvalue weighted by atomic mass is 79.9. The Bertz CT molecular complexity index is 886. The number of fused-ring (bicyclic) bond motifs is 1. The zero-order chi connectivity index (χ0) is 14.1. The van der Waals surface area contributed by atoms with E-state index in [1.807, 2.05) is 34.9 Å². The maximum Gasteiger partial charge on any atom is 0.178 e. The van der Waals surface area contributed by atoms with E-state index in [9.17, 15) is 0 Å². The van der Waals surface area contributed by atoms with Crippen LogP contribution >= 0.6 is 28.1 Å². The maximum atomic E-state index is 9.03. The van der Waals surface area contributed by atoms with Crippen molar-refractivity contribution in [2.24, 2.45) is 0 Å². The molecule has 3 nitrogen and oxygen atoms in total. The summed E-state index contributed by atoms with van der Waals surface area (Å²) in [7, 11) is 0. The van der Waals surface area contributed by atoms with Crippen molar-refractivity contribution in [1.29, 1.82) is 5.26 Å². The van der Waals surface area contributed by atoms with Gasteiger partial charge in [0.15, 0.2) is 4.77 Å². The molecule has 5 heteroatoms. The van der Waals surface area contributed by atoms with Crippen LogP contribution in [0, 0.1) is 16.1 Å². The van der Waals surface area contributed by atoms with Crippen molar-refractivity contribution in [3.63, 3.8) is 0 Å². The van der Waals surface area contributed by atoms with Crippen LogP contribution in [0.1, 0.15) is 11.1 Å². The summed E-state index contributed by atoms with van der Waals surface area (Å²) in [6.45, 7) is 0.662. The molecule has 0 radical (unpaired) electrons. The van der Waals surface area contributed by atoms with Gasteiger partial charge in [-0.3, -0.25) is 0 Å². The minimum Gasteiger partial charge on any atom is -0.331 e. The highest BCUT2D eigenvalue weighted by Gasteiger charge is 2.07. The molecule has 20 heavy (non-hydrogen) atoms. The minimum atomic E-state index is 0.632. The molecule has 0 aliphatic rings. The normalized spacial score (nSPS) is 10.6. The Hall–Kier alpha value is -1.90. The third kappa shape index (κ3) is 2.28. The molecule has 3 aromatic rings. The van der Waals surface area contributed by atoms with Crippen LogP contribution in [-0.2, 0) is 6.54 Å². The van der Waals surface area contributed by atoms with Crippen LogP contribution in [0.25, 0.3) is 11.0 Å². The second kappa shape index (κ2) is 5.23. The van der Waals surface area contributed by atoms with E-state index < -0.39 is 0 Å². The fraction of sp³-hybridized carbons (Fsp3) is 0.0667. The molecule has 0 amide bonds. The van der Waals surface area contributed by atoms with E-state index in [0.717, 1.165) is 21.1 Å². The summed E-state index contributed by atoms with van der Waals surface area (Å²) in [5, 5.41) is 9.03. The molecule has 0 bridgehead atoms. The van der Waals surface area contributed by atoms with E-state index in [1.165, 1.54) is 0 Å². The molecule has 0 aliphatic heterocycles. The number of nitrogens with zero attached hydrogens (tertiary/aromatic N) is 2. The van der Waals surface area contributed by atoms with Gasteiger partial charge in [-0.05, 0) is 42.0 Å². The first-order valence-electron chi connectivity index (χ1n) is 6.05. The van der Waals surface area contributed by atoms with Crippen molar-refractivity contribution in [1.82, 2.24) is 9.55 Å². The number of aromatic nitrogens is 2. The monoisotopic (exact) mass is 343 g/mol. The molecule has 0 spiro atoms. The van der Waals surface area contributed by atoms with E-state index in [2.05, 4.69) is 33.0 Å². The Morgan fingerprint density at radius 1 is 1.25 bits per heavy atom. The number of nitriles is 1. The van der Waals surface area contributed by atoms with Crippen LogP contribution in [0.3, 0.4) is 0 Å². The van der Waals surface area contributed by atoms with E-state index in [0.29, 0.717) is 16.9 Å². The topological polar surface area (TPSA) is 44.5 Å². The Kier molecular flexibility index (Phi) is 3.43. The van der Waals surface area contributed by atoms with E-state index >= 15 is 0 Å². The van der Waals surface area contributed by atoms with Crippen LogP contribution in [0.4, 0.5) is 0 Å². The SMILES string of the molecule is N#Cc1ccc2[nH]c(=S)n(Cc3ccccc3Br)c2c1. The second-order valence-electron chi connectivity index (χ2n) is 4.45. The summed E-state index contributed by atoms with van der Waals surface area (Å²) >= 11 is 8.93. The molecular formula is C15H10BrN3S. The lowest BCUT2D eigenvalue weighted by Crippen LogP contribution is -2.00. The number of aromatic amines is 1. The van der Waals surface area contributed by atoms with Gasteiger partial charge in [-0.15, -0.1) is 0 Å². The molecular weight excluding hydrogens is 334 g/mol. The molecule has 2 aromatic carbocycles. The molecule has 1 heterocycles. The zero-order valence-electron chi connectivity index (χ0n) is 10.4. The third-order valence-corrected chi connectivity index (χ3v) is 4.29. The van der Waals surface area contributed by atoms with Crippen LogP contribution in [0.5, 0.6) is 0 Å². The first kappa shape index (κ1) is 13.1. The van der Waals surface area contributed by atoms with Gasteiger partial charge in [-0.25, -0.2) is 0 Å². The second-order valence-corrected chi connectivity index (χ2v) is 5.69. The molecule has 0 saturated heterocycles. The first-order chi connectivity index (χ1) is 9.69. The van der Waals surface area contributed by atoms with Crippen molar-refractivity contribution >= 4 is 39.2 Å². The fourth-order valence-electron chi connectivity index (χ4n) is 2.18. The molecule has 0 fully saturated rings. The van der Waals surface area contributed by atoms with Crippen LogP contribution < -0.4 is 0 Å². The standard InChI is InChI=1S/C15H10BrN3S/c16-12-4-2-1-3-11(12)9-19-14-7-10(8-17)5-6-13(14)18-15(19)20/h1-7H,9H2,(H,18,20). The van der Waals surface area contributed by atoms with Crippen LogP contribution in [0.2, 0.25) is 0 Å². The number of H-pyrrole nitrogens is 1. The predicted molar refractivity (Wildman–Crippen MR) is 85.1 cm³/mol. The van der Waals surface area contributed by atoms with Crippen molar-refractivity contribution < 1.29 is 0 Å². The summed E-state index contributed by atoms with van der Waals surface area (Å²) in [4.78, 5) is 3.17. The summed E-state index contributed by atoms with van der Waals surface area (Å²) in [6.07, 6.45) is 0. The number of nitrogens with one attached hydrogen (secondary N) is 1. The molecule has 1 N–H and O–H groups in total. The predicted octanol–water partition coefficient (Wildman–Crippen LogP) is 4.38. The highest BCUT2D eigenvalue weighted by molar-refractivity contribution is 9.10. The lowest BCUT2D eigenvalue weighted by molar-refractivity contribution is 0.807. The number of hydrogen-bond acceptors (Lipinski definition) is 2. The number of benzene rings is 2. The van der Waals surface area contributed by atoms with E-state index in [-0.39, 0.29) is 0 Å². The van der Waals surface area contributed by atoms with Crippen LogP contribution in [0.15, 0.2) is 46.9 Å². The first-order valence-corrected chi connectivity index (χ1v) is 7.25.